The molecule has 9 heavy (non-hydrogen) atoms. The van der Waals surface area contributed by atoms with E-state index in [0.29, 0.717) is 0 Å². The van der Waals surface area contributed by atoms with Crippen LogP contribution in [0.3, 0.4) is 0 Å². The second-order valence-corrected chi connectivity index (χ2v) is 2.55. The molecular weight excluding hydrogens is 142 g/mol. The van der Waals surface area contributed by atoms with Gasteiger partial charge >= 0.3 is 5.97 Å². The van der Waals surface area contributed by atoms with E-state index in [1.54, 1.807) is 0 Å². The summed E-state index contributed by atoms with van der Waals surface area (Å²) in [4.78, 5) is 8.27. The summed E-state index contributed by atoms with van der Waals surface area (Å²) in [6, 6.07) is 0. The Hall–Kier alpha value is -0.260. The van der Waals surface area contributed by atoms with Crippen LogP contribution in [0.4, 0.5) is 0 Å². The third-order valence-corrected chi connectivity index (χ3v) is 1.54. The molecule has 4 nitrogen and oxygen atoms in total. The van der Waals surface area contributed by atoms with Crippen molar-refractivity contribution in [1.82, 2.24) is 0 Å². The fourth-order valence-corrected chi connectivity index (χ4v) is 0.179. The lowest BCUT2D eigenvalue weighted by Crippen LogP contribution is -2.51. The van der Waals surface area contributed by atoms with Crippen LogP contribution in [-0.2, 0) is 4.79 Å². The van der Waals surface area contributed by atoms with E-state index in [1.807, 2.05) is 0 Å². The summed E-state index contributed by atoms with van der Waals surface area (Å²) in [5, 5.41) is 16.9. The van der Waals surface area contributed by atoms with Gasteiger partial charge in [0.15, 0.2) is 4.87 Å². The minimum absolute atomic E-state index is 1.17. The van der Waals surface area contributed by atoms with Crippen molar-refractivity contribution in [2.24, 2.45) is 5.73 Å². The van der Waals surface area contributed by atoms with E-state index in [-0.39, 0.29) is 0 Å². The summed E-state index contributed by atoms with van der Waals surface area (Å²) in [7, 11) is 0. The summed E-state index contributed by atoms with van der Waals surface area (Å²) in [5.41, 5.74) is 5.02. The quantitative estimate of drug-likeness (QED) is 0.302. The molecule has 0 amide bonds. The van der Waals surface area contributed by atoms with Gasteiger partial charge in [-0.05, 0) is 6.92 Å². The van der Waals surface area contributed by atoms with Crippen LogP contribution >= 0.6 is 12.6 Å². The van der Waals surface area contributed by atoms with Gasteiger partial charge in [0, 0.05) is 0 Å². The van der Waals surface area contributed by atoms with E-state index in [0.717, 1.165) is 0 Å². The van der Waals surface area contributed by atoms with Crippen LogP contribution in [0.15, 0.2) is 0 Å². The van der Waals surface area contributed by atoms with Crippen LogP contribution in [0.5, 0.6) is 0 Å². The van der Waals surface area contributed by atoms with Gasteiger partial charge in [-0.25, -0.2) is 4.79 Å². The van der Waals surface area contributed by atoms with E-state index in [4.69, 9.17) is 15.9 Å². The largest absolute Gasteiger partial charge is 0.479 e. The van der Waals surface area contributed by atoms with Crippen LogP contribution in [0, 0.1) is 0 Å². The molecule has 0 spiro atoms. The van der Waals surface area contributed by atoms with Crippen LogP contribution in [0.2, 0.25) is 0 Å². The van der Waals surface area contributed by atoms with Gasteiger partial charge in [-0.2, -0.15) is 0 Å². The summed E-state index contributed by atoms with van der Waals surface area (Å²) < 4.78 is 0. The number of hydrogen-bond donors (Lipinski definition) is 4. The van der Waals surface area contributed by atoms with Crippen LogP contribution in [-0.4, -0.2) is 27.2 Å². The number of thiol groups is 1. The molecule has 0 saturated carbocycles. The van der Waals surface area contributed by atoms with Crippen molar-refractivity contribution in [1.29, 1.82) is 0 Å². The number of aliphatic hydroxyl groups excluding tert-OH is 1. The van der Waals surface area contributed by atoms with Gasteiger partial charge < -0.3 is 15.9 Å². The van der Waals surface area contributed by atoms with Crippen molar-refractivity contribution >= 4 is 18.6 Å². The second kappa shape index (κ2) is 2.55. The molecule has 0 heterocycles. The predicted molar refractivity (Wildman–Crippen MR) is 35.2 cm³/mol. The average molecular weight is 151 g/mol. The van der Waals surface area contributed by atoms with Gasteiger partial charge in [0.2, 0.25) is 0 Å². The molecule has 0 aromatic rings. The summed E-state index contributed by atoms with van der Waals surface area (Å²) >= 11 is 3.50. The molecule has 54 valence electrons. The minimum Gasteiger partial charge on any atom is -0.479 e. The molecule has 0 aliphatic rings. The van der Waals surface area contributed by atoms with E-state index < -0.39 is 16.9 Å². The fraction of sp³-hybridized carbons (Fsp3) is 0.750. The highest BCUT2D eigenvalue weighted by molar-refractivity contribution is 7.82. The van der Waals surface area contributed by atoms with Gasteiger partial charge in [-0.1, -0.05) is 0 Å². The number of hydrogen-bond acceptors (Lipinski definition) is 4. The smallest absolute Gasteiger partial charge is 0.336 e. The van der Waals surface area contributed by atoms with Gasteiger partial charge in [-0.15, -0.1) is 12.6 Å². The Balaban J connectivity index is 4.19. The van der Waals surface area contributed by atoms with Crippen LogP contribution in [0.25, 0.3) is 0 Å². The first-order valence-electron chi connectivity index (χ1n) is 2.31. The normalized spacial score (nSPS) is 20.4. The summed E-state index contributed by atoms with van der Waals surface area (Å²) in [6.07, 6.45) is -1.17. The van der Waals surface area contributed by atoms with E-state index in [2.05, 4.69) is 12.6 Å². The van der Waals surface area contributed by atoms with E-state index >= 15 is 0 Å². The van der Waals surface area contributed by atoms with Crippen molar-refractivity contribution in [3.63, 3.8) is 0 Å². The molecule has 2 atom stereocenters. The lowest BCUT2D eigenvalue weighted by atomic mass is 10.2. The molecule has 0 aliphatic heterocycles. The predicted octanol–water partition coefficient (Wildman–Crippen LogP) is -0.963. The highest BCUT2D eigenvalue weighted by Crippen LogP contribution is 2.11. The molecule has 0 aromatic carbocycles. The molecule has 0 rings (SSSR count). The van der Waals surface area contributed by atoms with Gasteiger partial charge in [0.05, 0.1) is 6.10 Å². The molecule has 0 bridgehead atoms. The van der Waals surface area contributed by atoms with Crippen molar-refractivity contribution in [2.45, 2.75) is 17.9 Å². The Kier molecular flexibility index (Phi) is 2.48. The SMILES string of the molecule is CC(O)[C@@](N)(S)C(=O)O. The fourth-order valence-electron chi connectivity index (χ4n) is 0.179. The zero-order valence-electron chi connectivity index (χ0n) is 4.90. The standard InChI is InChI=1S/C4H9NO3S/c1-2(6)4(5,9)3(7)8/h2,6,9H,5H2,1H3,(H,7,8)/t2?,4-/m1/s1. The molecule has 5 heteroatoms. The molecule has 0 aromatic heterocycles. The van der Waals surface area contributed by atoms with Crippen molar-refractivity contribution in [3.05, 3.63) is 0 Å². The van der Waals surface area contributed by atoms with Crippen LogP contribution < -0.4 is 5.73 Å². The molecule has 4 N–H and O–H groups in total. The lowest BCUT2D eigenvalue weighted by Gasteiger charge is -2.20. The number of carboxylic acid groups (broad SMARTS) is 1. The number of carboxylic acids is 1. The Bertz CT molecular complexity index is 123. The molecule has 0 radical (unpaired) electrons. The Morgan fingerprint density at radius 3 is 2.22 bits per heavy atom. The summed E-state index contributed by atoms with van der Waals surface area (Å²) in [6.45, 7) is 1.27. The number of aliphatic hydroxyl groups is 1. The molecular formula is C4H9NO3S. The molecule has 0 fully saturated rings. The maximum absolute atomic E-state index is 10.1. The average Bonchev–Trinajstić information content (AvgIpc) is 1.65. The topological polar surface area (TPSA) is 83.5 Å². The highest BCUT2D eigenvalue weighted by Gasteiger charge is 2.34. The monoisotopic (exact) mass is 151 g/mol. The lowest BCUT2D eigenvalue weighted by molar-refractivity contribution is -0.142. The van der Waals surface area contributed by atoms with E-state index in [9.17, 15) is 4.79 Å². The van der Waals surface area contributed by atoms with Crippen molar-refractivity contribution in [3.8, 4) is 0 Å². The Morgan fingerprint density at radius 2 is 2.22 bits per heavy atom. The third-order valence-electron chi connectivity index (χ3n) is 0.980. The first-order valence-corrected chi connectivity index (χ1v) is 2.76. The second-order valence-electron chi connectivity index (χ2n) is 1.81. The maximum atomic E-state index is 10.1. The van der Waals surface area contributed by atoms with Crippen LogP contribution in [0.1, 0.15) is 6.92 Å². The molecule has 1 unspecified atom stereocenters. The zero-order valence-corrected chi connectivity index (χ0v) is 5.80. The zero-order chi connectivity index (χ0) is 7.65. The first kappa shape index (κ1) is 8.74. The van der Waals surface area contributed by atoms with Gasteiger partial charge in [-0.3, -0.25) is 0 Å². The summed E-state index contributed by atoms with van der Waals surface area (Å²) in [5.74, 6) is -1.33. The Morgan fingerprint density at radius 1 is 1.89 bits per heavy atom. The Labute approximate surface area is 58.1 Å². The minimum atomic E-state index is -1.83. The highest BCUT2D eigenvalue weighted by atomic mass is 32.1. The number of aliphatic carboxylic acids is 1. The van der Waals surface area contributed by atoms with Gasteiger partial charge in [0.25, 0.3) is 0 Å². The van der Waals surface area contributed by atoms with Crippen molar-refractivity contribution in [2.75, 3.05) is 0 Å². The third kappa shape index (κ3) is 1.85. The first-order chi connectivity index (χ1) is 3.89. The van der Waals surface area contributed by atoms with Gasteiger partial charge in [0.1, 0.15) is 0 Å². The number of nitrogens with two attached hydrogens (primary N) is 1. The number of rotatable bonds is 2. The maximum Gasteiger partial charge on any atom is 0.336 e. The molecule has 0 saturated heterocycles. The van der Waals surface area contributed by atoms with E-state index in [1.165, 1.54) is 6.92 Å². The molecule has 0 aliphatic carbocycles. The number of carbonyl (C=O) groups is 1. The van der Waals surface area contributed by atoms with Crippen molar-refractivity contribution < 1.29 is 15.0 Å².